The molecule has 0 spiro atoms. The van der Waals surface area contributed by atoms with Crippen LogP contribution in [0.1, 0.15) is 20.3 Å². The van der Waals surface area contributed by atoms with Gasteiger partial charge in [-0.2, -0.15) is 0 Å². The fourth-order valence-corrected chi connectivity index (χ4v) is 1.08. The molecule has 0 saturated heterocycles. The molecule has 0 aromatic heterocycles. The second-order valence-electron chi connectivity index (χ2n) is 2.62. The fourth-order valence-electron chi connectivity index (χ4n) is 1.08. The second kappa shape index (κ2) is 2.97. The Kier molecular flexibility index (Phi) is 2.22. The summed E-state index contributed by atoms with van der Waals surface area (Å²) in [5, 5.41) is 0. The summed E-state index contributed by atoms with van der Waals surface area (Å²) >= 11 is 0. The van der Waals surface area contributed by atoms with Crippen molar-refractivity contribution in [3.05, 3.63) is 11.1 Å². The summed E-state index contributed by atoms with van der Waals surface area (Å²) in [7, 11) is 0. The van der Waals surface area contributed by atoms with Crippen LogP contribution in [-0.4, -0.2) is 19.0 Å². The Bertz CT molecular complexity index is 180. The Morgan fingerprint density at radius 2 is 2.30 bits per heavy atom. The maximum Gasteiger partial charge on any atom is 0.158 e. The molecular weight excluding hydrogens is 128 g/mol. The summed E-state index contributed by atoms with van der Waals surface area (Å²) in [5.74, 6) is 0.150. The van der Waals surface area contributed by atoms with Crippen molar-refractivity contribution < 1.29 is 9.53 Å². The largest absolute Gasteiger partial charge is 0.376 e. The standard InChI is InChI=1S/C8H12O2/c1-6-3-4-10-5-8(6)7(2)9/h3-5H2,1-2H3. The molecule has 0 radical (unpaired) electrons. The number of carbonyl (C=O) groups excluding carboxylic acids is 1. The van der Waals surface area contributed by atoms with E-state index >= 15 is 0 Å². The maximum atomic E-state index is 10.9. The van der Waals surface area contributed by atoms with Crippen LogP contribution in [0.15, 0.2) is 11.1 Å². The van der Waals surface area contributed by atoms with Crippen molar-refractivity contribution in [2.45, 2.75) is 20.3 Å². The number of ketones is 1. The predicted octanol–water partition coefficient (Wildman–Crippen LogP) is 1.31. The first kappa shape index (κ1) is 7.48. The molecule has 0 fully saturated rings. The van der Waals surface area contributed by atoms with Gasteiger partial charge in [-0.3, -0.25) is 4.79 Å². The summed E-state index contributed by atoms with van der Waals surface area (Å²) in [4.78, 5) is 10.9. The van der Waals surface area contributed by atoms with Gasteiger partial charge in [-0.1, -0.05) is 5.57 Å². The third-order valence-corrected chi connectivity index (χ3v) is 1.81. The lowest BCUT2D eigenvalue weighted by Crippen LogP contribution is -2.14. The highest BCUT2D eigenvalue weighted by molar-refractivity contribution is 5.94. The van der Waals surface area contributed by atoms with E-state index in [0.717, 1.165) is 18.6 Å². The van der Waals surface area contributed by atoms with Crippen molar-refractivity contribution in [2.75, 3.05) is 13.2 Å². The van der Waals surface area contributed by atoms with Crippen LogP contribution < -0.4 is 0 Å². The van der Waals surface area contributed by atoms with Gasteiger partial charge in [0.05, 0.1) is 13.2 Å². The summed E-state index contributed by atoms with van der Waals surface area (Å²) in [6.45, 7) is 4.87. The number of hydrogen-bond donors (Lipinski definition) is 0. The number of hydrogen-bond acceptors (Lipinski definition) is 2. The second-order valence-corrected chi connectivity index (χ2v) is 2.62. The van der Waals surface area contributed by atoms with E-state index in [2.05, 4.69) is 0 Å². The molecule has 0 bridgehead atoms. The highest BCUT2D eigenvalue weighted by atomic mass is 16.5. The molecule has 0 atom stereocenters. The van der Waals surface area contributed by atoms with Gasteiger partial charge in [-0.25, -0.2) is 0 Å². The Labute approximate surface area is 60.9 Å². The summed E-state index contributed by atoms with van der Waals surface area (Å²) in [5.41, 5.74) is 2.06. The van der Waals surface area contributed by atoms with Crippen molar-refractivity contribution in [2.24, 2.45) is 0 Å². The Morgan fingerprint density at radius 1 is 1.60 bits per heavy atom. The molecule has 2 heteroatoms. The van der Waals surface area contributed by atoms with Crippen molar-refractivity contribution >= 4 is 5.78 Å². The normalized spacial score (nSPS) is 19.4. The Morgan fingerprint density at radius 3 is 2.70 bits per heavy atom. The van der Waals surface area contributed by atoms with E-state index in [1.54, 1.807) is 6.92 Å². The topological polar surface area (TPSA) is 26.3 Å². The molecule has 0 unspecified atom stereocenters. The molecule has 0 saturated carbocycles. The van der Waals surface area contributed by atoms with Crippen molar-refractivity contribution in [1.82, 2.24) is 0 Å². The van der Waals surface area contributed by atoms with Crippen LogP contribution in [0.3, 0.4) is 0 Å². The van der Waals surface area contributed by atoms with Gasteiger partial charge in [0.15, 0.2) is 5.78 Å². The first-order chi connectivity index (χ1) is 4.72. The SMILES string of the molecule is CC(=O)C1=C(C)CCOC1. The summed E-state index contributed by atoms with van der Waals surface area (Å²) in [6.07, 6.45) is 0.912. The van der Waals surface area contributed by atoms with Gasteiger partial charge in [-0.15, -0.1) is 0 Å². The third kappa shape index (κ3) is 1.45. The lowest BCUT2D eigenvalue weighted by Gasteiger charge is -2.15. The van der Waals surface area contributed by atoms with Gasteiger partial charge >= 0.3 is 0 Å². The van der Waals surface area contributed by atoms with E-state index in [9.17, 15) is 4.79 Å². The zero-order valence-corrected chi connectivity index (χ0v) is 6.44. The molecule has 0 aliphatic carbocycles. The minimum Gasteiger partial charge on any atom is -0.376 e. The van der Waals surface area contributed by atoms with E-state index in [1.807, 2.05) is 6.92 Å². The van der Waals surface area contributed by atoms with E-state index in [4.69, 9.17) is 4.74 Å². The smallest absolute Gasteiger partial charge is 0.158 e. The first-order valence-corrected chi connectivity index (χ1v) is 3.49. The molecule has 0 N–H and O–H groups in total. The monoisotopic (exact) mass is 140 g/mol. The summed E-state index contributed by atoms with van der Waals surface area (Å²) < 4.78 is 5.14. The third-order valence-electron chi connectivity index (χ3n) is 1.81. The van der Waals surface area contributed by atoms with Gasteiger partial charge in [-0.05, 0) is 20.3 Å². The molecule has 1 rings (SSSR count). The molecule has 1 aliphatic rings. The van der Waals surface area contributed by atoms with Gasteiger partial charge in [0.1, 0.15) is 0 Å². The van der Waals surface area contributed by atoms with E-state index in [0.29, 0.717) is 6.61 Å². The van der Waals surface area contributed by atoms with Crippen LogP contribution >= 0.6 is 0 Å². The molecule has 1 aliphatic heterocycles. The number of rotatable bonds is 1. The summed E-state index contributed by atoms with van der Waals surface area (Å²) in [6, 6.07) is 0. The van der Waals surface area contributed by atoms with Gasteiger partial charge in [0, 0.05) is 5.57 Å². The first-order valence-electron chi connectivity index (χ1n) is 3.49. The quantitative estimate of drug-likeness (QED) is 0.549. The average molecular weight is 140 g/mol. The van der Waals surface area contributed by atoms with Crippen LogP contribution in [0.4, 0.5) is 0 Å². The van der Waals surface area contributed by atoms with Crippen molar-refractivity contribution in [3.8, 4) is 0 Å². The molecule has 1 heterocycles. The minimum atomic E-state index is 0.150. The van der Waals surface area contributed by atoms with Crippen LogP contribution in [0.25, 0.3) is 0 Å². The molecule has 0 aromatic carbocycles. The van der Waals surface area contributed by atoms with E-state index in [-0.39, 0.29) is 5.78 Å². The van der Waals surface area contributed by atoms with E-state index < -0.39 is 0 Å². The molecule has 10 heavy (non-hydrogen) atoms. The van der Waals surface area contributed by atoms with Crippen LogP contribution in [0, 0.1) is 0 Å². The van der Waals surface area contributed by atoms with Crippen LogP contribution in [0.2, 0.25) is 0 Å². The van der Waals surface area contributed by atoms with Gasteiger partial charge < -0.3 is 4.74 Å². The van der Waals surface area contributed by atoms with E-state index in [1.165, 1.54) is 5.57 Å². The van der Waals surface area contributed by atoms with Crippen molar-refractivity contribution in [1.29, 1.82) is 0 Å². The fraction of sp³-hybridized carbons (Fsp3) is 0.625. The molecule has 2 nitrogen and oxygen atoms in total. The number of carbonyl (C=O) groups is 1. The average Bonchev–Trinajstić information content (AvgIpc) is 1.88. The van der Waals surface area contributed by atoms with Crippen LogP contribution in [-0.2, 0) is 9.53 Å². The number of ether oxygens (including phenoxy) is 1. The molecule has 56 valence electrons. The number of Topliss-reactive ketones (excluding diaryl/α,β-unsaturated/α-hetero) is 1. The van der Waals surface area contributed by atoms with Crippen LogP contribution in [0.5, 0.6) is 0 Å². The highest BCUT2D eigenvalue weighted by Crippen LogP contribution is 2.14. The van der Waals surface area contributed by atoms with Gasteiger partial charge in [0.25, 0.3) is 0 Å². The Hall–Kier alpha value is -0.630. The molecule has 0 amide bonds. The molecule has 0 aromatic rings. The predicted molar refractivity (Wildman–Crippen MR) is 38.8 cm³/mol. The van der Waals surface area contributed by atoms with Crippen molar-refractivity contribution in [3.63, 3.8) is 0 Å². The zero-order valence-electron chi connectivity index (χ0n) is 6.44. The maximum absolute atomic E-state index is 10.9. The molecular formula is C8H12O2. The lowest BCUT2D eigenvalue weighted by atomic mass is 10.0. The zero-order chi connectivity index (χ0) is 7.56. The minimum absolute atomic E-state index is 0.150. The highest BCUT2D eigenvalue weighted by Gasteiger charge is 2.12. The Balaban J connectivity index is 2.78. The van der Waals surface area contributed by atoms with Gasteiger partial charge in [0.2, 0.25) is 0 Å². The lowest BCUT2D eigenvalue weighted by molar-refractivity contribution is -0.114.